The van der Waals surface area contributed by atoms with E-state index < -0.39 is 0 Å². The summed E-state index contributed by atoms with van der Waals surface area (Å²) in [5.41, 5.74) is 0.979. The third-order valence-corrected chi connectivity index (χ3v) is 4.68. The van der Waals surface area contributed by atoms with Gasteiger partial charge in [0.1, 0.15) is 21.7 Å². The highest BCUT2D eigenvalue weighted by Crippen LogP contribution is 2.38. The molecule has 0 saturated heterocycles. The van der Waals surface area contributed by atoms with Gasteiger partial charge in [0.15, 0.2) is 5.13 Å². The number of anilines is 1. The number of carbonyl (C=O) groups is 1. The molecule has 8 heteroatoms. The summed E-state index contributed by atoms with van der Waals surface area (Å²) in [6, 6.07) is 8.20. The van der Waals surface area contributed by atoms with Gasteiger partial charge in [-0.1, -0.05) is 34.5 Å². The molecule has 1 amide bonds. The lowest BCUT2D eigenvalue weighted by Crippen LogP contribution is -2.11. The number of nitrogens with one attached hydrogen (secondary N) is 1. The monoisotopic (exact) mass is 382 g/mol. The average Bonchev–Trinajstić information content (AvgIpc) is 2.96. The topological polar surface area (TPSA) is 60.5 Å². The Morgan fingerprint density at radius 3 is 2.33 bits per heavy atom. The minimum atomic E-state index is -0.351. The van der Waals surface area contributed by atoms with E-state index in [0.717, 1.165) is 4.70 Å². The Kier molecular flexibility index (Phi) is 4.80. The van der Waals surface area contributed by atoms with Gasteiger partial charge in [-0.05, 0) is 30.3 Å². The predicted octanol–water partition coefficient (Wildman–Crippen LogP) is 4.87. The molecule has 0 radical (unpaired) electrons. The van der Waals surface area contributed by atoms with E-state index in [0.29, 0.717) is 37.8 Å². The van der Waals surface area contributed by atoms with Crippen LogP contribution in [0, 0.1) is 0 Å². The number of benzene rings is 2. The summed E-state index contributed by atoms with van der Waals surface area (Å²) >= 11 is 13.2. The van der Waals surface area contributed by atoms with Gasteiger partial charge in [-0.25, -0.2) is 4.98 Å². The van der Waals surface area contributed by atoms with E-state index in [-0.39, 0.29) is 5.91 Å². The molecule has 0 aliphatic heterocycles. The fraction of sp³-hybridized carbons (Fsp3) is 0.125. The Bertz CT molecular complexity index is 866. The zero-order valence-electron chi connectivity index (χ0n) is 12.7. The minimum absolute atomic E-state index is 0.351. The molecule has 24 heavy (non-hydrogen) atoms. The van der Waals surface area contributed by atoms with Gasteiger partial charge in [0.2, 0.25) is 0 Å². The Morgan fingerprint density at radius 2 is 1.71 bits per heavy atom. The number of aromatic nitrogens is 1. The maximum atomic E-state index is 12.4. The van der Waals surface area contributed by atoms with Gasteiger partial charge in [-0.2, -0.15) is 0 Å². The molecular formula is C16H12Cl2N2O3S. The molecule has 0 fully saturated rings. The molecule has 0 unspecified atom stereocenters. The maximum absolute atomic E-state index is 12.4. The van der Waals surface area contributed by atoms with Crippen molar-refractivity contribution in [3.05, 3.63) is 45.9 Å². The summed E-state index contributed by atoms with van der Waals surface area (Å²) in [5.74, 6) is 0.916. The molecule has 1 heterocycles. The summed E-state index contributed by atoms with van der Waals surface area (Å²) in [7, 11) is 3.14. The van der Waals surface area contributed by atoms with Gasteiger partial charge < -0.3 is 9.47 Å². The van der Waals surface area contributed by atoms with Crippen molar-refractivity contribution in [1.82, 2.24) is 4.98 Å². The lowest BCUT2D eigenvalue weighted by atomic mass is 10.2. The number of thiazole rings is 1. The van der Waals surface area contributed by atoms with Crippen LogP contribution in [0.25, 0.3) is 10.2 Å². The van der Waals surface area contributed by atoms with Gasteiger partial charge in [-0.3, -0.25) is 10.1 Å². The number of carbonyl (C=O) groups excluding carboxylic acids is 1. The number of hydrogen-bond donors (Lipinski definition) is 1. The number of nitrogens with zero attached hydrogens (tertiary/aromatic N) is 1. The van der Waals surface area contributed by atoms with E-state index in [1.54, 1.807) is 32.4 Å². The lowest BCUT2D eigenvalue weighted by Gasteiger charge is -2.03. The van der Waals surface area contributed by atoms with Crippen molar-refractivity contribution < 1.29 is 14.3 Å². The summed E-state index contributed by atoms with van der Waals surface area (Å²) in [4.78, 5) is 16.8. The zero-order chi connectivity index (χ0) is 17.3. The number of methoxy groups -OCH3 is 2. The molecule has 0 aliphatic carbocycles. The molecule has 0 saturated carbocycles. The van der Waals surface area contributed by atoms with Gasteiger partial charge in [-0.15, -0.1) is 0 Å². The number of hydrogen-bond acceptors (Lipinski definition) is 5. The first kappa shape index (κ1) is 16.8. The summed E-state index contributed by atoms with van der Waals surface area (Å²) in [6.45, 7) is 0. The average molecular weight is 383 g/mol. The summed E-state index contributed by atoms with van der Waals surface area (Å²) in [5, 5.41) is 3.95. The van der Waals surface area contributed by atoms with E-state index in [1.165, 1.54) is 23.5 Å². The standard InChI is InChI=1S/C16H12Cl2N2O3S/c1-22-11-3-4-12(23-2)14-13(11)19-16(24-14)20-15(21)8-5-9(17)7-10(18)6-8/h3-7H,1-2H3,(H,19,20,21). The van der Waals surface area contributed by atoms with Crippen LogP contribution in [0.3, 0.4) is 0 Å². The number of ether oxygens (including phenoxy) is 2. The molecule has 1 aromatic heterocycles. The van der Waals surface area contributed by atoms with Crippen molar-refractivity contribution in [2.45, 2.75) is 0 Å². The van der Waals surface area contributed by atoms with Crippen molar-refractivity contribution >= 4 is 55.8 Å². The first-order valence-corrected chi connectivity index (χ1v) is 8.38. The largest absolute Gasteiger partial charge is 0.495 e. The third kappa shape index (κ3) is 3.26. The highest BCUT2D eigenvalue weighted by Gasteiger charge is 2.16. The Hall–Kier alpha value is -2.02. The molecular weight excluding hydrogens is 371 g/mol. The predicted molar refractivity (Wildman–Crippen MR) is 97.1 cm³/mol. The van der Waals surface area contributed by atoms with Gasteiger partial charge in [0.25, 0.3) is 5.91 Å². The highest BCUT2D eigenvalue weighted by atomic mass is 35.5. The molecule has 3 aromatic rings. The van der Waals surface area contributed by atoms with E-state index in [4.69, 9.17) is 32.7 Å². The van der Waals surface area contributed by atoms with Crippen molar-refractivity contribution in [2.24, 2.45) is 0 Å². The SMILES string of the molecule is COc1ccc(OC)c2sc(NC(=O)c3cc(Cl)cc(Cl)c3)nc12. The van der Waals surface area contributed by atoms with E-state index in [9.17, 15) is 4.79 Å². The van der Waals surface area contributed by atoms with Crippen LogP contribution in [-0.4, -0.2) is 25.1 Å². The normalized spacial score (nSPS) is 10.7. The zero-order valence-corrected chi connectivity index (χ0v) is 15.1. The molecule has 2 aromatic carbocycles. The minimum Gasteiger partial charge on any atom is -0.495 e. The Labute approximate surface area is 152 Å². The van der Waals surface area contributed by atoms with Crippen LogP contribution in [0.1, 0.15) is 10.4 Å². The van der Waals surface area contributed by atoms with Crippen molar-refractivity contribution in [2.75, 3.05) is 19.5 Å². The van der Waals surface area contributed by atoms with Crippen molar-refractivity contribution in [3.8, 4) is 11.5 Å². The van der Waals surface area contributed by atoms with Crippen molar-refractivity contribution in [1.29, 1.82) is 0 Å². The summed E-state index contributed by atoms with van der Waals surface area (Å²) < 4.78 is 11.4. The molecule has 0 aliphatic rings. The number of halogens is 2. The quantitative estimate of drug-likeness (QED) is 0.698. The number of fused-ring (bicyclic) bond motifs is 1. The van der Waals surface area contributed by atoms with Gasteiger partial charge in [0, 0.05) is 15.6 Å². The van der Waals surface area contributed by atoms with E-state index in [2.05, 4.69) is 10.3 Å². The van der Waals surface area contributed by atoms with Gasteiger partial charge >= 0.3 is 0 Å². The number of amides is 1. The third-order valence-electron chi connectivity index (χ3n) is 3.26. The van der Waals surface area contributed by atoms with E-state index >= 15 is 0 Å². The van der Waals surface area contributed by atoms with Crippen LogP contribution >= 0.6 is 34.5 Å². The molecule has 0 bridgehead atoms. The second-order valence-corrected chi connectivity index (χ2v) is 6.65. The first-order valence-electron chi connectivity index (χ1n) is 6.81. The molecule has 0 spiro atoms. The fourth-order valence-corrected chi connectivity index (χ4v) is 3.69. The fourth-order valence-electron chi connectivity index (χ4n) is 2.19. The smallest absolute Gasteiger partial charge is 0.257 e. The molecule has 5 nitrogen and oxygen atoms in total. The van der Waals surface area contributed by atoms with E-state index in [1.807, 2.05) is 0 Å². The second-order valence-electron chi connectivity index (χ2n) is 4.78. The van der Waals surface area contributed by atoms with Crippen LogP contribution < -0.4 is 14.8 Å². The van der Waals surface area contributed by atoms with Crippen LogP contribution in [0.4, 0.5) is 5.13 Å². The molecule has 3 rings (SSSR count). The first-order chi connectivity index (χ1) is 11.5. The van der Waals surface area contributed by atoms with Crippen LogP contribution in [0.15, 0.2) is 30.3 Å². The second kappa shape index (κ2) is 6.84. The van der Waals surface area contributed by atoms with Crippen LogP contribution in [0.2, 0.25) is 10.0 Å². The highest BCUT2D eigenvalue weighted by molar-refractivity contribution is 7.22. The number of rotatable bonds is 4. The molecule has 1 N–H and O–H groups in total. The Balaban J connectivity index is 1.96. The lowest BCUT2D eigenvalue weighted by molar-refractivity contribution is 0.102. The Morgan fingerprint density at radius 1 is 1.08 bits per heavy atom. The molecule has 0 atom stereocenters. The summed E-state index contributed by atoms with van der Waals surface area (Å²) in [6.07, 6.45) is 0. The van der Waals surface area contributed by atoms with Crippen LogP contribution in [0.5, 0.6) is 11.5 Å². The van der Waals surface area contributed by atoms with Crippen molar-refractivity contribution in [3.63, 3.8) is 0 Å². The maximum Gasteiger partial charge on any atom is 0.257 e. The molecule has 124 valence electrons. The van der Waals surface area contributed by atoms with Gasteiger partial charge in [0.05, 0.1) is 14.2 Å². The van der Waals surface area contributed by atoms with Crippen LogP contribution in [-0.2, 0) is 0 Å².